The maximum atomic E-state index is 13.2. The van der Waals surface area contributed by atoms with Gasteiger partial charge >= 0.3 is 0 Å². The molecule has 0 spiro atoms. The summed E-state index contributed by atoms with van der Waals surface area (Å²) in [6, 6.07) is 85.1. The third-order valence-corrected chi connectivity index (χ3v) is 25.3. The Morgan fingerprint density at radius 1 is 0.302 bits per heavy atom. The average Bonchev–Trinajstić information content (AvgIpc) is 1.62. The number of nitrogens with two attached hydrogens (primary N) is 10. The van der Waals surface area contributed by atoms with Gasteiger partial charge in [-0.2, -0.15) is 0 Å². The van der Waals surface area contributed by atoms with Gasteiger partial charge in [-0.05, 0) is 244 Å². The fourth-order valence-electron chi connectivity index (χ4n) is 16.5. The lowest BCUT2D eigenvalue weighted by Gasteiger charge is -2.18. The number of aromatic nitrogens is 1. The Morgan fingerprint density at radius 3 is 0.871 bits per heavy atom. The molecule has 4 aliphatic heterocycles. The maximum Gasteiger partial charge on any atom is 0.268 e. The Labute approximate surface area is 818 Å². The van der Waals surface area contributed by atoms with Crippen molar-refractivity contribution < 1.29 is 24.0 Å². The molecular formula is C114H140N20O5. The minimum atomic E-state index is -0.152. The standard InChI is InChI=1S/C28H32N4O.C24H32N4O.2C21H26N4O.C20H24N4O/c1-20-9-11-22(12-10-20)23-13-14-24-17-27(28(33)31-18-25(30)8-5-15-29)32(26(24)16-23)19-21-6-3-2-4-7-21;1-15(2)21(26)11-10-20(25)14-27-24(29)23-13-19-9-8-18(12-22(19)28-23)17-6-4-16(3)5-7-17;2*1-14-4-6-15(7-5-14)16-8-9-17-12-20(25-19(17)11-16)21(26)24-13-18(23)3-2-10-22;1-13-2-4-14(5-3-13)15-6-7-16-11-19(24-18(16)10-15)20(25)23-12-17(22)8-9-21/h2-4,6-7,9-14,16-17,25H,5,8,15,18-19,29-30H2,1H3,(H,31,33);4-9,12,15,20-21H,10-11,13-14,25-26H2,1-3H3,(H,27,29);2*4-9,11,18H,2-3,10,12-13,22-23H2,1H3,(H,24,26);2-7,10,17H,8-9,11-12,21-22H2,1H3,(H,23,25)/t25-;20-,21?;2*18-;17-/m00100/s1. The summed E-state index contributed by atoms with van der Waals surface area (Å²) < 4.78 is 2.10. The zero-order valence-corrected chi connectivity index (χ0v) is 81.5. The van der Waals surface area contributed by atoms with Gasteiger partial charge < -0.3 is 88.5 Å². The Balaban J connectivity index is 0.000000156. The van der Waals surface area contributed by atoms with Crippen molar-refractivity contribution in [1.29, 1.82) is 0 Å². The second-order valence-corrected chi connectivity index (χ2v) is 37.2. The van der Waals surface area contributed by atoms with Crippen LogP contribution in [0.15, 0.2) is 269 Å². The second kappa shape index (κ2) is 51.8. The number of benzene rings is 11. The topological polar surface area (TPSA) is 460 Å². The van der Waals surface area contributed by atoms with Crippen LogP contribution in [0.2, 0.25) is 0 Å². The number of amides is 5. The Morgan fingerprint density at radius 2 is 0.576 bits per heavy atom. The molecule has 12 aromatic rings. The Bertz CT molecular complexity index is 6130. The summed E-state index contributed by atoms with van der Waals surface area (Å²) in [6.07, 6.45) is 9.59. The van der Waals surface area contributed by atoms with E-state index in [4.69, 9.17) is 57.3 Å². The van der Waals surface area contributed by atoms with Crippen molar-refractivity contribution in [3.8, 4) is 55.6 Å². The van der Waals surface area contributed by atoms with Crippen molar-refractivity contribution in [3.63, 3.8) is 0 Å². The van der Waals surface area contributed by atoms with Crippen LogP contribution < -0.4 is 83.9 Å². The van der Waals surface area contributed by atoms with Crippen LogP contribution in [0.4, 0.5) is 22.7 Å². The lowest BCUT2D eigenvalue weighted by Crippen LogP contribution is -2.41. The van der Waals surface area contributed by atoms with Gasteiger partial charge in [0.1, 0.15) is 28.5 Å². The molecule has 139 heavy (non-hydrogen) atoms. The number of fused-ring (bicyclic) bond motifs is 5. The summed E-state index contributed by atoms with van der Waals surface area (Å²) in [4.78, 5) is 80.9. The molecule has 25 N–H and O–H groups in total. The molecule has 0 bridgehead atoms. The highest BCUT2D eigenvalue weighted by molar-refractivity contribution is 6.42. The SMILES string of the molecule is Cc1ccc(-c2ccc3c(c2)N=C(C(=O)NC[C@@H](N)CCC(N)C(C)C)C3)cc1.Cc1ccc(-c2ccc3c(c2)N=C(C(=O)NC[C@@H](N)CCCN)C3)cc1.Cc1ccc(-c2ccc3c(c2)N=C(C(=O)NC[C@@H](N)CCN)C3)cc1.Cc1ccc(-c2ccc3c(c2)N=C(C(=O)NC[C@H](N)CCCN)C3)cc1.Cc1ccc(-c2ccc3cc(C(=O)NC[C@@H](N)CCCN)n(Cc4ccccc4)c3c2)cc1. The van der Waals surface area contributed by atoms with Crippen LogP contribution in [0.5, 0.6) is 0 Å². The van der Waals surface area contributed by atoms with Crippen LogP contribution in [0.25, 0.3) is 66.5 Å². The zero-order chi connectivity index (χ0) is 99.0. The molecule has 0 radical (unpaired) electrons. The molecule has 16 rings (SSSR count). The second-order valence-electron chi connectivity index (χ2n) is 37.2. The van der Waals surface area contributed by atoms with Gasteiger partial charge in [-0.1, -0.05) is 254 Å². The number of aliphatic imine (C=N–C) groups is 4. The summed E-state index contributed by atoms with van der Waals surface area (Å²) in [5.41, 5.74) is 88.5. The molecule has 4 aliphatic rings. The maximum absolute atomic E-state index is 13.2. The van der Waals surface area contributed by atoms with Gasteiger partial charge in [0.05, 0.1) is 22.7 Å². The lowest BCUT2D eigenvalue weighted by molar-refractivity contribution is -0.115. The Kier molecular flexibility index (Phi) is 39.0. The van der Waals surface area contributed by atoms with E-state index in [1.807, 2.05) is 42.5 Å². The van der Waals surface area contributed by atoms with Crippen LogP contribution in [0, 0.1) is 40.5 Å². The molecule has 25 heteroatoms. The minimum absolute atomic E-state index is 0.0694. The molecule has 726 valence electrons. The fraction of sp³-hybridized carbons (Fsp3) is 0.325. The fourth-order valence-corrected chi connectivity index (χ4v) is 16.5. The number of nitrogens with one attached hydrogen (secondary N) is 5. The van der Waals surface area contributed by atoms with E-state index in [1.165, 1.54) is 27.8 Å². The first-order valence-electron chi connectivity index (χ1n) is 48.7. The smallest absolute Gasteiger partial charge is 0.268 e. The average molecular weight is 1870 g/mol. The zero-order valence-electron chi connectivity index (χ0n) is 81.5. The van der Waals surface area contributed by atoms with Crippen LogP contribution in [-0.2, 0) is 51.4 Å². The van der Waals surface area contributed by atoms with Crippen molar-refractivity contribution in [2.75, 3.05) is 58.9 Å². The summed E-state index contributed by atoms with van der Waals surface area (Å²) >= 11 is 0. The highest BCUT2D eigenvalue weighted by Gasteiger charge is 2.28. The van der Waals surface area contributed by atoms with Gasteiger partial charge in [-0.15, -0.1) is 0 Å². The normalized spacial score (nSPS) is 13.7. The van der Waals surface area contributed by atoms with Gasteiger partial charge in [-0.3, -0.25) is 24.0 Å². The van der Waals surface area contributed by atoms with E-state index in [-0.39, 0.29) is 65.8 Å². The molecule has 0 saturated heterocycles. The number of carbonyl (C=O) groups excluding carboxylic acids is 5. The lowest BCUT2D eigenvalue weighted by atomic mass is 9.98. The summed E-state index contributed by atoms with van der Waals surface area (Å²) in [5, 5.41) is 15.6. The van der Waals surface area contributed by atoms with E-state index in [0.29, 0.717) is 132 Å². The molecule has 5 amide bonds. The molecule has 25 nitrogen and oxygen atoms in total. The molecule has 0 saturated carbocycles. The van der Waals surface area contributed by atoms with E-state index in [1.54, 1.807) is 0 Å². The molecule has 0 aliphatic carbocycles. The third kappa shape index (κ3) is 30.8. The van der Waals surface area contributed by atoms with Crippen LogP contribution >= 0.6 is 0 Å². The highest BCUT2D eigenvalue weighted by Crippen LogP contribution is 2.38. The first-order chi connectivity index (χ1) is 67.1. The van der Waals surface area contributed by atoms with Gasteiger partial charge in [0.25, 0.3) is 29.5 Å². The van der Waals surface area contributed by atoms with Crippen LogP contribution in [0.3, 0.4) is 0 Å². The number of carbonyl (C=O) groups is 5. The van der Waals surface area contributed by atoms with E-state index in [2.05, 4.69) is 306 Å². The monoisotopic (exact) mass is 1870 g/mol. The highest BCUT2D eigenvalue weighted by atomic mass is 16.2. The minimum Gasteiger partial charge on any atom is -0.349 e. The first-order valence-corrected chi connectivity index (χ1v) is 48.7. The number of hydrogen-bond donors (Lipinski definition) is 15. The summed E-state index contributed by atoms with van der Waals surface area (Å²) in [5.74, 6) is -0.236. The summed E-state index contributed by atoms with van der Waals surface area (Å²) in [7, 11) is 0. The van der Waals surface area contributed by atoms with Crippen molar-refractivity contribution in [1.82, 2.24) is 31.2 Å². The largest absolute Gasteiger partial charge is 0.349 e. The summed E-state index contributed by atoms with van der Waals surface area (Å²) in [6.45, 7) is 19.8. The van der Waals surface area contributed by atoms with Gasteiger partial charge in [0.2, 0.25) is 0 Å². The van der Waals surface area contributed by atoms with E-state index >= 15 is 0 Å². The van der Waals surface area contributed by atoms with Crippen molar-refractivity contribution >= 4 is 86.0 Å². The molecule has 5 heterocycles. The van der Waals surface area contributed by atoms with Gasteiger partial charge in [-0.25, -0.2) is 20.0 Å². The third-order valence-electron chi connectivity index (χ3n) is 25.3. The van der Waals surface area contributed by atoms with Gasteiger partial charge in [0.15, 0.2) is 0 Å². The molecule has 6 atom stereocenters. The van der Waals surface area contributed by atoms with Crippen molar-refractivity contribution in [3.05, 3.63) is 310 Å². The predicted molar refractivity (Wildman–Crippen MR) is 572 cm³/mol. The van der Waals surface area contributed by atoms with E-state index in [0.717, 1.165) is 168 Å². The number of rotatable bonds is 37. The van der Waals surface area contributed by atoms with Crippen LogP contribution in [-0.4, -0.2) is 152 Å². The molecule has 1 aromatic heterocycles. The van der Waals surface area contributed by atoms with Crippen molar-refractivity contribution in [2.24, 2.45) is 83.2 Å². The number of nitrogens with zero attached hydrogens (tertiary/aromatic N) is 5. The quantitative estimate of drug-likeness (QED) is 0.0172. The number of aryl methyl sites for hydroxylation is 5. The predicted octanol–water partition coefficient (Wildman–Crippen LogP) is 15.0. The van der Waals surface area contributed by atoms with Crippen molar-refractivity contribution in [2.45, 2.75) is 175 Å². The molecule has 0 fully saturated rings. The van der Waals surface area contributed by atoms with E-state index < -0.39 is 0 Å². The first kappa shape index (κ1) is 104. The van der Waals surface area contributed by atoms with Gasteiger partial charge in [0, 0.05) is 112 Å². The molecular weight excluding hydrogens is 1730 g/mol. The Hall–Kier alpha value is -13.4. The number of hydrogen-bond acceptors (Lipinski definition) is 19. The molecule has 1 unspecified atom stereocenters. The van der Waals surface area contributed by atoms with E-state index in [9.17, 15) is 24.0 Å². The van der Waals surface area contributed by atoms with Crippen LogP contribution in [0.1, 0.15) is 138 Å². The molecule has 11 aromatic carbocycles.